The molecule has 0 amide bonds. The van der Waals surface area contributed by atoms with Crippen LogP contribution in [0.15, 0.2) is 29.2 Å². The summed E-state index contributed by atoms with van der Waals surface area (Å²) >= 11 is 0. The van der Waals surface area contributed by atoms with Crippen molar-refractivity contribution in [1.29, 1.82) is 0 Å². The summed E-state index contributed by atoms with van der Waals surface area (Å²) < 4.78 is 55.5. The lowest BCUT2D eigenvalue weighted by atomic mass is 10.2. The molecule has 1 unspecified atom stereocenters. The fourth-order valence-electron chi connectivity index (χ4n) is 1.75. The quantitative estimate of drug-likeness (QED) is 0.865. The average molecular weight is 306 g/mol. The van der Waals surface area contributed by atoms with E-state index in [1.54, 1.807) is 26.8 Å². The van der Waals surface area contributed by atoms with Gasteiger partial charge in [-0.05, 0) is 39.3 Å². The molecule has 0 bridgehead atoms. The summed E-state index contributed by atoms with van der Waals surface area (Å²) in [5.74, 6) is 0. The number of rotatable bonds is 3. The smallest absolute Gasteiger partial charge is 0.282 e. The number of hydrogen-bond acceptors (Lipinski definition) is 4. The van der Waals surface area contributed by atoms with E-state index in [0.717, 1.165) is 0 Å². The Morgan fingerprint density at radius 2 is 1.53 bits per heavy atom. The second kappa shape index (κ2) is 4.88. The van der Waals surface area contributed by atoms with Crippen LogP contribution < -0.4 is 0 Å². The lowest BCUT2D eigenvalue weighted by Gasteiger charge is -2.25. The van der Waals surface area contributed by atoms with Crippen molar-refractivity contribution < 1.29 is 21.4 Å². The van der Waals surface area contributed by atoms with Crippen molar-refractivity contribution >= 4 is 20.0 Å². The first-order valence-corrected chi connectivity index (χ1v) is 8.67. The van der Waals surface area contributed by atoms with E-state index in [-0.39, 0.29) is 10.5 Å². The van der Waals surface area contributed by atoms with Crippen LogP contribution in [0, 0.1) is 0 Å². The first kappa shape index (κ1) is 16.1. The van der Waals surface area contributed by atoms with Crippen molar-refractivity contribution in [2.75, 3.05) is 0 Å². The summed E-state index contributed by atoms with van der Waals surface area (Å²) in [7, 11) is -8.04. The van der Waals surface area contributed by atoms with E-state index >= 15 is 0 Å². The summed E-state index contributed by atoms with van der Waals surface area (Å²) in [6, 6.07) is 5.57. The molecular weight excluding hydrogens is 288 g/mol. The third kappa shape index (κ3) is 3.16. The van der Waals surface area contributed by atoms with Gasteiger partial charge in [-0.1, -0.05) is 18.2 Å². The molecule has 0 radical (unpaired) electrons. The van der Waals surface area contributed by atoms with Gasteiger partial charge in [0.1, 0.15) is 0 Å². The van der Waals surface area contributed by atoms with Crippen LogP contribution in [-0.2, 0) is 20.0 Å². The highest BCUT2D eigenvalue weighted by atomic mass is 32.2. The maximum atomic E-state index is 12.4. The Kier molecular flexibility index (Phi) is 4.15. The van der Waals surface area contributed by atoms with Gasteiger partial charge >= 0.3 is 0 Å². The predicted octanol–water partition coefficient (Wildman–Crippen LogP) is 2.21. The molecule has 0 aliphatic rings. The van der Waals surface area contributed by atoms with Crippen LogP contribution in [0.2, 0.25) is 0 Å². The van der Waals surface area contributed by atoms with Gasteiger partial charge in [-0.2, -0.15) is 8.42 Å². The Hall–Kier alpha value is -0.920. The molecule has 0 saturated carbocycles. The van der Waals surface area contributed by atoms with Crippen LogP contribution in [0.3, 0.4) is 0 Å². The second-order valence-corrected chi connectivity index (χ2v) is 9.72. The molecule has 1 atom stereocenters. The molecular formula is C12H18O5S2. The van der Waals surface area contributed by atoms with Crippen LogP contribution in [0.5, 0.6) is 0 Å². The molecule has 0 aliphatic carbocycles. The zero-order valence-electron chi connectivity index (χ0n) is 11.3. The molecule has 1 N–H and O–H groups in total. The van der Waals surface area contributed by atoms with Gasteiger partial charge in [-0.15, -0.1) is 0 Å². The van der Waals surface area contributed by atoms with Crippen molar-refractivity contribution in [3.8, 4) is 0 Å². The van der Waals surface area contributed by atoms with Crippen LogP contribution >= 0.6 is 0 Å². The van der Waals surface area contributed by atoms with Crippen LogP contribution in [-0.4, -0.2) is 26.1 Å². The highest BCUT2D eigenvalue weighted by molar-refractivity contribution is 7.93. The molecule has 108 valence electrons. The minimum atomic E-state index is -4.45. The van der Waals surface area contributed by atoms with Gasteiger partial charge < -0.3 is 0 Å². The predicted molar refractivity (Wildman–Crippen MR) is 73.3 cm³/mol. The third-order valence-corrected chi connectivity index (χ3v) is 6.77. The summed E-state index contributed by atoms with van der Waals surface area (Å²) in [5, 5.41) is -1.02. The molecule has 0 spiro atoms. The Bertz CT molecular complexity index is 666. The first-order chi connectivity index (χ1) is 8.39. The molecule has 0 heterocycles. The van der Waals surface area contributed by atoms with Crippen LogP contribution in [0.4, 0.5) is 0 Å². The molecule has 7 heteroatoms. The zero-order chi connectivity index (χ0) is 15.1. The zero-order valence-corrected chi connectivity index (χ0v) is 12.9. The topological polar surface area (TPSA) is 88.5 Å². The van der Waals surface area contributed by atoms with Crippen molar-refractivity contribution in [3.05, 3.63) is 29.8 Å². The second-order valence-electron chi connectivity index (χ2n) is 5.31. The van der Waals surface area contributed by atoms with Gasteiger partial charge in [-0.3, -0.25) is 4.55 Å². The summed E-state index contributed by atoms with van der Waals surface area (Å²) in [6.07, 6.45) is 0. The maximum Gasteiger partial charge on any atom is 0.294 e. The molecule has 19 heavy (non-hydrogen) atoms. The van der Waals surface area contributed by atoms with Crippen LogP contribution in [0.25, 0.3) is 0 Å². The fraction of sp³-hybridized carbons (Fsp3) is 0.500. The molecule has 1 aromatic rings. The van der Waals surface area contributed by atoms with E-state index in [1.165, 1.54) is 25.1 Å². The largest absolute Gasteiger partial charge is 0.294 e. The molecule has 1 aromatic carbocycles. The van der Waals surface area contributed by atoms with Crippen molar-refractivity contribution in [3.63, 3.8) is 0 Å². The van der Waals surface area contributed by atoms with E-state index in [9.17, 15) is 16.8 Å². The summed E-state index contributed by atoms with van der Waals surface area (Å²) in [5.41, 5.74) is 0.0833. The molecule has 0 aliphatic heterocycles. The Balaban J connectivity index is 3.50. The van der Waals surface area contributed by atoms with E-state index in [2.05, 4.69) is 0 Å². The normalized spacial score (nSPS) is 15.2. The summed E-state index contributed by atoms with van der Waals surface area (Å²) in [4.78, 5) is -0.365. The van der Waals surface area contributed by atoms with Gasteiger partial charge in [-0.25, -0.2) is 8.42 Å². The Labute approximate surface area is 114 Å². The van der Waals surface area contributed by atoms with Gasteiger partial charge in [0.25, 0.3) is 10.1 Å². The standard InChI is InChI=1S/C12H18O5S2/c1-9(18(13,14)12(2,3)4)10-7-5-6-8-11(10)19(15,16)17/h5-9H,1-4H3,(H,15,16,17). The molecule has 5 nitrogen and oxygen atoms in total. The highest BCUT2D eigenvalue weighted by Gasteiger charge is 2.37. The monoisotopic (exact) mass is 306 g/mol. The summed E-state index contributed by atoms with van der Waals surface area (Å²) in [6.45, 7) is 6.07. The van der Waals surface area contributed by atoms with Crippen molar-refractivity contribution in [1.82, 2.24) is 0 Å². The highest BCUT2D eigenvalue weighted by Crippen LogP contribution is 2.34. The van der Waals surface area contributed by atoms with E-state index in [4.69, 9.17) is 4.55 Å². The van der Waals surface area contributed by atoms with Gasteiger partial charge in [0, 0.05) is 0 Å². The third-order valence-electron chi connectivity index (χ3n) is 2.95. The van der Waals surface area contributed by atoms with Gasteiger partial charge in [0.2, 0.25) is 0 Å². The van der Waals surface area contributed by atoms with E-state index in [1.807, 2.05) is 0 Å². The number of hydrogen-bond donors (Lipinski definition) is 1. The average Bonchev–Trinajstić information content (AvgIpc) is 2.25. The van der Waals surface area contributed by atoms with Crippen LogP contribution in [0.1, 0.15) is 38.5 Å². The van der Waals surface area contributed by atoms with Gasteiger partial charge in [0.15, 0.2) is 9.84 Å². The Morgan fingerprint density at radius 3 is 1.95 bits per heavy atom. The van der Waals surface area contributed by atoms with Gasteiger partial charge in [0.05, 0.1) is 14.9 Å². The molecule has 0 fully saturated rings. The molecule has 0 aromatic heterocycles. The Morgan fingerprint density at radius 1 is 1.05 bits per heavy atom. The van der Waals surface area contributed by atoms with Crippen molar-refractivity contribution in [2.45, 2.75) is 42.6 Å². The molecule has 0 saturated heterocycles. The number of sulfone groups is 1. The fourth-order valence-corrected chi connectivity index (χ4v) is 4.22. The lowest BCUT2D eigenvalue weighted by Crippen LogP contribution is -2.32. The van der Waals surface area contributed by atoms with E-state index < -0.39 is 30.0 Å². The first-order valence-electron chi connectivity index (χ1n) is 5.69. The van der Waals surface area contributed by atoms with E-state index in [0.29, 0.717) is 0 Å². The minimum absolute atomic E-state index is 0.0833. The molecule has 1 rings (SSSR count). The maximum absolute atomic E-state index is 12.4. The van der Waals surface area contributed by atoms with Crippen molar-refractivity contribution in [2.24, 2.45) is 0 Å². The number of benzene rings is 1. The SMILES string of the molecule is CC(c1ccccc1S(=O)(=O)O)S(=O)(=O)C(C)(C)C. The minimum Gasteiger partial charge on any atom is -0.282 e. The lowest BCUT2D eigenvalue weighted by molar-refractivity contribution is 0.481.